The number of hydrogen-bond acceptors (Lipinski definition) is 5. The zero-order valence-corrected chi connectivity index (χ0v) is 18.6. The van der Waals surface area contributed by atoms with Crippen LogP contribution in [0.4, 0.5) is 15.0 Å². The first-order valence-electron chi connectivity index (χ1n) is 10.9. The van der Waals surface area contributed by atoms with Gasteiger partial charge in [0.05, 0.1) is 12.1 Å². The van der Waals surface area contributed by atoms with Gasteiger partial charge >= 0.3 is 11.7 Å². The molecule has 1 unspecified atom stereocenters. The summed E-state index contributed by atoms with van der Waals surface area (Å²) in [6.07, 6.45) is 4.26. The van der Waals surface area contributed by atoms with Gasteiger partial charge in [0, 0.05) is 42.5 Å². The molecule has 1 aliphatic heterocycles. The molecule has 0 spiro atoms. The van der Waals surface area contributed by atoms with Crippen molar-refractivity contribution in [2.24, 2.45) is 0 Å². The predicted molar refractivity (Wildman–Crippen MR) is 119 cm³/mol. The van der Waals surface area contributed by atoms with Crippen LogP contribution < -0.4 is 15.9 Å². The third-order valence-corrected chi connectivity index (χ3v) is 6.34. The minimum atomic E-state index is -0.839. The van der Waals surface area contributed by atoms with E-state index in [1.165, 1.54) is 12.3 Å². The molecule has 2 heterocycles. The van der Waals surface area contributed by atoms with E-state index >= 15 is 0 Å². The van der Waals surface area contributed by atoms with E-state index in [0.29, 0.717) is 17.9 Å². The van der Waals surface area contributed by atoms with E-state index in [1.54, 1.807) is 13.0 Å². The number of nitrogens with zero attached hydrogens (tertiary/aromatic N) is 3. The Morgan fingerprint density at radius 3 is 2.88 bits per heavy atom. The number of amides is 2. The fourth-order valence-electron chi connectivity index (χ4n) is 4.26. The van der Waals surface area contributed by atoms with Gasteiger partial charge in [-0.1, -0.05) is 11.6 Å². The number of H-pyrrole nitrogens is 1. The van der Waals surface area contributed by atoms with Gasteiger partial charge in [0.25, 0.3) is 0 Å². The normalized spacial score (nSPS) is 19.5. The molecule has 1 saturated heterocycles. The molecule has 2 amide bonds. The SMILES string of the molecule is CC(O)c1cc(CNC(=O)N(C2CC2)[C@@H]2CCCN(c3ccnc(=O)[nH]3)C2)c(F)cc1Cl. The lowest BCUT2D eigenvalue weighted by molar-refractivity contribution is 0.160. The van der Waals surface area contributed by atoms with E-state index in [2.05, 4.69) is 20.2 Å². The molecule has 0 radical (unpaired) electrons. The number of piperidine rings is 1. The first-order valence-corrected chi connectivity index (χ1v) is 11.2. The van der Waals surface area contributed by atoms with Crippen molar-refractivity contribution in [1.82, 2.24) is 20.2 Å². The van der Waals surface area contributed by atoms with Crippen molar-refractivity contribution in [3.8, 4) is 0 Å². The number of aromatic nitrogens is 2. The summed E-state index contributed by atoms with van der Waals surface area (Å²) in [5.41, 5.74) is 0.294. The largest absolute Gasteiger partial charge is 0.389 e. The van der Waals surface area contributed by atoms with Crippen LogP contribution in [0.25, 0.3) is 0 Å². The number of anilines is 1. The molecule has 8 nitrogen and oxygen atoms in total. The van der Waals surface area contributed by atoms with Crippen LogP contribution in [0.5, 0.6) is 0 Å². The number of carbonyl (C=O) groups excluding carboxylic acids is 1. The smallest absolute Gasteiger partial charge is 0.346 e. The third-order valence-electron chi connectivity index (χ3n) is 6.01. The maximum absolute atomic E-state index is 14.4. The summed E-state index contributed by atoms with van der Waals surface area (Å²) in [6, 6.07) is 4.32. The minimum Gasteiger partial charge on any atom is -0.389 e. The number of rotatable bonds is 6. The van der Waals surface area contributed by atoms with Crippen LogP contribution in [0.2, 0.25) is 5.02 Å². The standard InChI is InChI=1S/C22H27ClFN5O3/c1-13(30)17-9-14(19(24)10-18(17)23)11-26-22(32)29(15-4-5-15)16-3-2-8-28(12-16)20-6-7-25-21(31)27-20/h6-7,9-10,13,15-16,30H,2-5,8,11-12H2,1H3,(H,26,32)(H,25,27,31)/t13?,16-/m1/s1. The van der Waals surface area contributed by atoms with Crippen LogP contribution in [0.1, 0.15) is 49.8 Å². The topological polar surface area (TPSA) is 102 Å². The Hall–Kier alpha value is -2.65. The van der Waals surface area contributed by atoms with E-state index in [-0.39, 0.29) is 35.2 Å². The van der Waals surface area contributed by atoms with Gasteiger partial charge in [-0.05, 0) is 56.4 Å². The molecule has 1 aliphatic carbocycles. The van der Waals surface area contributed by atoms with Crippen molar-refractivity contribution in [2.75, 3.05) is 18.0 Å². The highest BCUT2D eigenvalue weighted by Gasteiger charge is 2.39. The maximum Gasteiger partial charge on any atom is 0.346 e. The van der Waals surface area contributed by atoms with Crippen LogP contribution in [0.15, 0.2) is 29.2 Å². The zero-order valence-electron chi connectivity index (χ0n) is 17.9. The van der Waals surface area contributed by atoms with Crippen molar-refractivity contribution in [1.29, 1.82) is 0 Å². The van der Waals surface area contributed by atoms with Gasteiger partial charge in [0.15, 0.2) is 0 Å². The lowest BCUT2D eigenvalue weighted by Crippen LogP contribution is -2.54. The van der Waals surface area contributed by atoms with Crippen LogP contribution in [-0.2, 0) is 6.54 Å². The highest BCUT2D eigenvalue weighted by atomic mass is 35.5. The lowest BCUT2D eigenvalue weighted by atomic mass is 10.0. The molecule has 1 aromatic carbocycles. The summed E-state index contributed by atoms with van der Waals surface area (Å²) < 4.78 is 14.4. The first kappa shape index (κ1) is 22.5. The number of halogens is 2. The van der Waals surface area contributed by atoms with E-state index in [0.717, 1.165) is 38.3 Å². The van der Waals surface area contributed by atoms with Crippen molar-refractivity contribution in [2.45, 2.75) is 57.3 Å². The van der Waals surface area contributed by atoms with Gasteiger partial charge in [-0.25, -0.2) is 19.0 Å². The van der Waals surface area contributed by atoms with Crippen molar-refractivity contribution < 1.29 is 14.3 Å². The van der Waals surface area contributed by atoms with E-state index in [1.807, 2.05) is 4.90 Å². The van der Waals surface area contributed by atoms with Gasteiger partial charge in [-0.2, -0.15) is 0 Å². The highest BCUT2D eigenvalue weighted by Crippen LogP contribution is 2.32. The molecule has 2 atom stereocenters. The lowest BCUT2D eigenvalue weighted by Gasteiger charge is -2.40. The van der Waals surface area contributed by atoms with Gasteiger partial charge in [0.1, 0.15) is 11.6 Å². The summed E-state index contributed by atoms with van der Waals surface area (Å²) in [7, 11) is 0. The number of nitrogens with one attached hydrogen (secondary N) is 2. The minimum absolute atomic E-state index is 0.00111. The third kappa shape index (κ3) is 5.05. The molecule has 10 heteroatoms. The molecule has 3 N–H and O–H groups in total. The Kier molecular flexibility index (Phi) is 6.66. The average molecular weight is 464 g/mol. The first-order chi connectivity index (χ1) is 15.3. The Bertz CT molecular complexity index is 1040. The Morgan fingerprint density at radius 1 is 1.41 bits per heavy atom. The van der Waals surface area contributed by atoms with Gasteiger partial charge < -0.3 is 20.2 Å². The zero-order chi connectivity index (χ0) is 22.8. The fourth-order valence-corrected chi connectivity index (χ4v) is 4.57. The number of carbonyl (C=O) groups is 1. The number of benzene rings is 1. The molecule has 1 aromatic heterocycles. The van der Waals surface area contributed by atoms with Crippen molar-refractivity contribution in [3.05, 3.63) is 56.8 Å². The molecule has 2 aromatic rings. The summed E-state index contributed by atoms with van der Waals surface area (Å²) in [4.78, 5) is 35.1. The molecular weight excluding hydrogens is 437 g/mol. The van der Waals surface area contributed by atoms with Gasteiger partial charge in [-0.3, -0.25) is 4.98 Å². The molecule has 1 saturated carbocycles. The fraction of sp³-hybridized carbons (Fsp3) is 0.500. The van der Waals surface area contributed by atoms with Crippen LogP contribution in [-0.4, -0.2) is 51.2 Å². The molecule has 172 valence electrons. The van der Waals surface area contributed by atoms with Crippen LogP contribution in [0.3, 0.4) is 0 Å². The maximum atomic E-state index is 14.4. The van der Waals surface area contributed by atoms with E-state index < -0.39 is 17.6 Å². The molecule has 2 aliphatic rings. The number of aromatic amines is 1. The number of aliphatic hydroxyl groups is 1. The predicted octanol–water partition coefficient (Wildman–Crippen LogP) is 2.96. The highest BCUT2D eigenvalue weighted by molar-refractivity contribution is 6.31. The number of urea groups is 1. The Morgan fingerprint density at radius 2 is 2.19 bits per heavy atom. The number of hydrogen-bond donors (Lipinski definition) is 3. The van der Waals surface area contributed by atoms with Crippen molar-refractivity contribution >= 4 is 23.4 Å². The average Bonchev–Trinajstić information content (AvgIpc) is 3.58. The van der Waals surface area contributed by atoms with Crippen LogP contribution >= 0.6 is 11.6 Å². The second-order valence-corrected chi connectivity index (χ2v) is 8.85. The molecule has 32 heavy (non-hydrogen) atoms. The summed E-state index contributed by atoms with van der Waals surface area (Å²) in [6.45, 7) is 2.94. The van der Waals surface area contributed by atoms with Gasteiger partial charge in [-0.15, -0.1) is 0 Å². The van der Waals surface area contributed by atoms with Gasteiger partial charge in [0.2, 0.25) is 0 Å². The second kappa shape index (κ2) is 9.46. The molecule has 2 fully saturated rings. The summed E-state index contributed by atoms with van der Waals surface area (Å²) >= 11 is 6.01. The summed E-state index contributed by atoms with van der Waals surface area (Å²) in [5.74, 6) is 0.169. The number of aliphatic hydroxyl groups excluding tert-OH is 1. The van der Waals surface area contributed by atoms with E-state index in [9.17, 15) is 19.1 Å². The Labute approximate surface area is 190 Å². The molecule has 4 rings (SSSR count). The summed E-state index contributed by atoms with van der Waals surface area (Å²) in [5, 5.41) is 12.8. The Balaban J connectivity index is 1.46. The molecule has 0 bridgehead atoms. The monoisotopic (exact) mass is 463 g/mol. The van der Waals surface area contributed by atoms with E-state index in [4.69, 9.17) is 11.6 Å². The second-order valence-electron chi connectivity index (χ2n) is 8.44. The van der Waals surface area contributed by atoms with Crippen molar-refractivity contribution in [3.63, 3.8) is 0 Å². The van der Waals surface area contributed by atoms with Crippen LogP contribution in [0, 0.1) is 5.82 Å². The molecular formula is C22H27ClFN5O3. The quantitative estimate of drug-likeness (QED) is 0.611.